The Kier molecular flexibility index (Phi) is 2.21. The van der Waals surface area contributed by atoms with E-state index in [4.69, 9.17) is 5.11 Å². The van der Waals surface area contributed by atoms with Gasteiger partial charge in [-0.2, -0.15) is 0 Å². The third-order valence-electron chi connectivity index (χ3n) is 1.91. The van der Waals surface area contributed by atoms with Crippen molar-refractivity contribution in [2.75, 3.05) is 0 Å². The van der Waals surface area contributed by atoms with Gasteiger partial charge in [0.25, 0.3) is 0 Å². The van der Waals surface area contributed by atoms with Crippen LogP contribution in [0.4, 0.5) is 4.39 Å². The summed E-state index contributed by atoms with van der Waals surface area (Å²) in [6.45, 7) is 0. The van der Waals surface area contributed by atoms with Gasteiger partial charge in [0, 0.05) is 4.70 Å². The van der Waals surface area contributed by atoms with Gasteiger partial charge in [-0.15, -0.1) is 11.3 Å². The highest BCUT2D eigenvalue weighted by Gasteiger charge is 2.20. The van der Waals surface area contributed by atoms with Gasteiger partial charge in [0.15, 0.2) is 0 Å². The summed E-state index contributed by atoms with van der Waals surface area (Å²) in [6, 6.07) is 8.95. The standard InChI is InChI=1S/C10H7FO2S/c11-9(10(12)13)8-5-6-3-1-2-4-7(6)14-8/h1-5,9H,(H,12,13). The lowest BCUT2D eigenvalue weighted by Gasteiger charge is -1.96. The lowest BCUT2D eigenvalue weighted by atomic mass is 10.2. The number of halogens is 1. The molecule has 0 fully saturated rings. The van der Waals surface area contributed by atoms with E-state index in [0.29, 0.717) is 0 Å². The Bertz CT molecular complexity index is 445. The maximum absolute atomic E-state index is 13.1. The molecule has 1 N–H and O–H groups in total. The Labute approximate surface area is 83.6 Å². The molecule has 0 radical (unpaired) electrons. The lowest BCUT2D eigenvalue weighted by Crippen LogP contribution is -2.03. The van der Waals surface area contributed by atoms with Crippen LogP contribution < -0.4 is 0 Å². The largest absolute Gasteiger partial charge is 0.479 e. The Morgan fingerprint density at radius 1 is 1.43 bits per heavy atom. The van der Waals surface area contributed by atoms with Gasteiger partial charge in [-0.25, -0.2) is 9.18 Å². The van der Waals surface area contributed by atoms with Crippen LogP contribution in [0.15, 0.2) is 30.3 Å². The van der Waals surface area contributed by atoms with Crippen LogP contribution >= 0.6 is 11.3 Å². The minimum atomic E-state index is -1.91. The quantitative estimate of drug-likeness (QED) is 0.827. The number of hydrogen-bond donors (Lipinski definition) is 1. The fourth-order valence-corrected chi connectivity index (χ4v) is 2.28. The molecule has 1 heterocycles. The van der Waals surface area contributed by atoms with Crippen molar-refractivity contribution in [3.05, 3.63) is 35.2 Å². The van der Waals surface area contributed by atoms with Gasteiger partial charge in [0.2, 0.25) is 6.17 Å². The molecule has 0 aliphatic heterocycles. The van der Waals surface area contributed by atoms with Crippen LogP contribution in [-0.4, -0.2) is 11.1 Å². The first-order valence-electron chi connectivity index (χ1n) is 4.04. The van der Waals surface area contributed by atoms with E-state index >= 15 is 0 Å². The van der Waals surface area contributed by atoms with Gasteiger partial charge in [-0.3, -0.25) is 0 Å². The highest BCUT2D eigenvalue weighted by atomic mass is 32.1. The van der Waals surface area contributed by atoms with Crippen molar-refractivity contribution in [1.29, 1.82) is 0 Å². The summed E-state index contributed by atoms with van der Waals surface area (Å²) in [4.78, 5) is 10.7. The van der Waals surface area contributed by atoms with Crippen molar-refractivity contribution in [2.24, 2.45) is 0 Å². The number of carbonyl (C=O) groups is 1. The first-order chi connectivity index (χ1) is 6.68. The molecule has 1 aromatic carbocycles. The van der Waals surface area contributed by atoms with E-state index < -0.39 is 12.1 Å². The molecule has 0 bridgehead atoms. The number of rotatable bonds is 2. The van der Waals surface area contributed by atoms with Crippen LogP contribution in [0.1, 0.15) is 11.0 Å². The summed E-state index contributed by atoms with van der Waals surface area (Å²) >= 11 is 1.18. The zero-order valence-corrected chi connectivity index (χ0v) is 7.92. The predicted octanol–water partition coefficient (Wildman–Crippen LogP) is 3.00. The molecule has 0 saturated carbocycles. The van der Waals surface area contributed by atoms with Crippen LogP contribution in [0.2, 0.25) is 0 Å². The van der Waals surface area contributed by atoms with Crippen molar-refractivity contribution in [2.45, 2.75) is 6.17 Å². The highest BCUT2D eigenvalue weighted by molar-refractivity contribution is 7.19. The molecule has 4 heteroatoms. The molecule has 2 nitrogen and oxygen atoms in total. The fraction of sp³-hybridized carbons (Fsp3) is 0.100. The Balaban J connectivity index is 2.50. The van der Waals surface area contributed by atoms with Gasteiger partial charge in [0.05, 0.1) is 4.88 Å². The monoisotopic (exact) mass is 210 g/mol. The van der Waals surface area contributed by atoms with Gasteiger partial charge >= 0.3 is 5.97 Å². The zero-order valence-electron chi connectivity index (χ0n) is 7.11. The number of carboxylic acid groups (broad SMARTS) is 1. The second-order valence-corrected chi connectivity index (χ2v) is 4.00. The topological polar surface area (TPSA) is 37.3 Å². The molecule has 0 saturated heterocycles. The van der Waals surface area contributed by atoms with E-state index in [1.165, 1.54) is 11.3 Å². The van der Waals surface area contributed by atoms with Crippen LogP contribution in [0.3, 0.4) is 0 Å². The molecule has 14 heavy (non-hydrogen) atoms. The average Bonchev–Trinajstić information content (AvgIpc) is 2.59. The Morgan fingerprint density at radius 3 is 2.79 bits per heavy atom. The van der Waals surface area contributed by atoms with Gasteiger partial charge in [-0.1, -0.05) is 18.2 Å². The summed E-state index contributed by atoms with van der Waals surface area (Å²) in [6.07, 6.45) is -1.91. The average molecular weight is 210 g/mol. The molecule has 1 aromatic heterocycles. The SMILES string of the molecule is O=C(O)C(F)c1cc2ccccc2s1. The minimum absolute atomic E-state index is 0.249. The van der Waals surface area contributed by atoms with Crippen LogP contribution in [0.5, 0.6) is 0 Å². The van der Waals surface area contributed by atoms with Crippen molar-refractivity contribution < 1.29 is 14.3 Å². The minimum Gasteiger partial charge on any atom is -0.479 e. The molecule has 0 spiro atoms. The second kappa shape index (κ2) is 3.38. The highest BCUT2D eigenvalue weighted by Crippen LogP contribution is 2.31. The molecule has 2 rings (SSSR count). The molecular formula is C10H7FO2S. The van der Waals surface area contributed by atoms with Crippen molar-refractivity contribution >= 4 is 27.4 Å². The molecule has 0 aliphatic rings. The second-order valence-electron chi connectivity index (χ2n) is 2.89. The maximum Gasteiger partial charge on any atom is 0.343 e. The van der Waals surface area contributed by atoms with E-state index in [-0.39, 0.29) is 4.88 Å². The first kappa shape index (κ1) is 9.15. The van der Waals surface area contributed by atoms with Gasteiger partial charge in [-0.05, 0) is 17.5 Å². The molecule has 2 aromatic rings. The van der Waals surface area contributed by atoms with E-state index in [0.717, 1.165) is 10.1 Å². The number of aliphatic carboxylic acids is 1. The van der Waals surface area contributed by atoms with E-state index in [1.54, 1.807) is 6.07 Å². The smallest absolute Gasteiger partial charge is 0.343 e. The van der Waals surface area contributed by atoms with E-state index in [9.17, 15) is 9.18 Å². The fourth-order valence-electron chi connectivity index (χ4n) is 1.25. The van der Waals surface area contributed by atoms with Crippen molar-refractivity contribution in [1.82, 2.24) is 0 Å². The Hall–Kier alpha value is -1.42. The van der Waals surface area contributed by atoms with Gasteiger partial charge < -0.3 is 5.11 Å². The number of hydrogen-bond acceptors (Lipinski definition) is 2. The number of fused-ring (bicyclic) bond motifs is 1. The summed E-state index contributed by atoms with van der Waals surface area (Å²) in [5, 5.41) is 9.38. The number of alkyl halides is 1. The van der Waals surface area contributed by atoms with E-state index in [1.807, 2.05) is 24.3 Å². The van der Waals surface area contributed by atoms with E-state index in [2.05, 4.69) is 0 Å². The number of benzene rings is 1. The third-order valence-corrected chi connectivity index (χ3v) is 3.06. The molecule has 72 valence electrons. The van der Waals surface area contributed by atoms with Gasteiger partial charge in [0.1, 0.15) is 0 Å². The van der Waals surface area contributed by atoms with Crippen LogP contribution in [0.25, 0.3) is 10.1 Å². The molecule has 1 unspecified atom stereocenters. The van der Waals surface area contributed by atoms with Crippen molar-refractivity contribution in [3.8, 4) is 0 Å². The first-order valence-corrected chi connectivity index (χ1v) is 4.85. The number of thiophene rings is 1. The number of carboxylic acids is 1. The zero-order chi connectivity index (χ0) is 10.1. The molecule has 0 aliphatic carbocycles. The normalized spacial score (nSPS) is 12.9. The lowest BCUT2D eigenvalue weighted by molar-refractivity contribution is -0.142. The molecule has 0 amide bonds. The summed E-state index contributed by atoms with van der Waals surface area (Å²) < 4.78 is 14.0. The Morgan fingerprint density at radius 2 is 2.14 bits per heavy atom. The summed E-state index contributed by atoms with van der Waals surface area (Å²) in [5.74, 6) is -1.43. The molecule has 1 atom stereocenters. The van der Waals surface area contributed by atoms with Crippen LogP contribution in [-0.2, 0) is 4.79 Å². The third kappa shape index (κ3) is 1.48. The van der Waals surface area contributed by atoms with Crippen LogP contribution in [0, 0.1) is 0 Å². The maximum atomic E-state index is 13.1. The summed E-state index contributed by atoms with van der Waals surface area (Å²) in [7, 11) is 0. The molecular weight excluding hydrogens is 203 g/mol. The predicted molar refractivity (Wildman–Crippen MR) is 53.3 cm³/mol. The van der Waals surface area contributed by atoms with Crippen molar-refractivity contribution in [3.63, 3.8) is 0 Å². The summed E-state index contributed by atoms with van der Waals surface area (Å²) in [5.41, 5.74) is 0.